The molecule has 162 valence electrons. The molecule has 1 atom stereocenters. The Morgan fingerprint density at radius 1 is 1.07 bits per heavy atom. The molecule has 1 aliphatic carbocycles. The van der Waals surface area contributed by atoms with Crippen LogP contribution in [0.15, 0.2) is 42.5 Å². The number of carbonyl (C=O) groups excluding carboxylic acids is 1. The topological polar surface area (TPSA) is 26.3 Å². The van der Waals surface area contributed by atoms with E-state index in [1.165, 1.54) is 81.7 Å². The molecule has 0 amide bonds. The number of carbonyl (C=O) groups is 1. The minimum Gasteiger partial charge on any atom is -0.465 e. The van der Waals surface area contributed by atoms with Crippen LogP contribution in [0.5, 0.6) is 0 Å². The number of rotatable bonds is 9. The third-order valence-electron chi connectivity index (χ3n) is 6.40. The summed E-state index contributed by atoms with van der Waals surface area (Å²) in [6, 6.07) is 14.7. The van der Waals surface area contributed by atoms with Crippen molar-refractivity contribution in [2.75, 3.05) is 19.4 Å². The van der Waals surface area contributed by atoms with Gasteiger partial charge in [0.25, 0.3) is 0 Å². The van der Waals surface area contributed by atoms with Gasteiger partial charge in [-0.15, -0.1) is 7.92 Å². The maximum atomic E-state index is 12.4. The van der Waals surface area contributed by atoms with Crippen LogP contribution < -0.4 is 0 Å². The Morgan fingerprint density at radius 3 is 2.53 bits per heavy atom. The van der Waals surface area contributed by atoms with Crippen LogP contribution in [0.3, 0.4) is 0 Å². The zero-order valence-corrected chi connectivity index (χ0v) is 19.8. The number of ether oxygens (including phenoxy) is 1. The predicted octanol–water partition coefficient (Wildman–Crippen LogP) is 7.81. The van der Waals surface area contributed by atoms with Crippen molar-refractivity contribution in [2.45, 2.75) is 65.0 Å². The maximum absolute atomic E-state index is 12.4. The van der Waals surface area contributed by atoms with Crippen molar-refractivity contribution in [3.8, 4) is 11.1 Å². The van der Waals surface area contributed by atoms with Gasteiger partial charge in [-0.25, -0.2) is 4.79 Å². The number of aryl methyl sites for hydroxylation is 1. The number of unbranched alkanes of at least 4 members (excludes halogenated alkanes) is 1. The summed E-state index contributed by atoms with van der Waals surface area (Å²) in [7, 11) is 1.46. The SMILES string of the molecule is CCCCP(Cc1ccc(C(=O)OC)c(-c2ccccc2C)c1)CC1CCCCC1. The van der Waals surface area contributed by atoms with Crippen LogP contribution >= 0.6 is 7.92 Å². The highest BCUT2D eigenvalue weighted by atomic mass is 31.1. The van der Waals surface area contributed by atoms with Crippen LogP contribution in [0.25, 0.3) is 11.1 Å². The molecule has 0 radical (unpaired) electrons. The molecule has 0 heterocycles. The van der Waals surface area contributed by atoms with E-state index in [2.05, 4.69) is 44.2 Å². The van der Waals surface area contributed by atoms with Crippen LogP contribution in [0, 0.1) is 12.8 Å². The Balaban J connectivity index is 1.87. The van der Waals surface area contributed by atoms with Crippen LogP contribution in [0.1, 0.15) is 73.4 Å². The van der Waals surface area contributed by atoms with Gasteiger partial charge in [0.15, 0.2) is 0 Å². The molecular weight excluding hydrogens is 387 g/mol. The molecule has 2 aromatic carbocycles. The van der Waals surface area contributed by atoms with Crippen molar-refractivity contribution < 1.29 is 9.53 Å². The minimum absolute atomic E-state index is 0.000601. The van der Waals surface area contributed by atoms with Gasteiger partial charge >= 0.3 is 5.97 Å². The lowest BCUT2D eigenvalue weighted by Gasteiger charge is -2.27. The van der Waals surface area contributed by atoms with E-state index < -0.39 is 0 Å². The molecule has 30 heavy (non-hydrogen) atoms. The van der Waals surface area contributed by atoms with E-state index in [0.717, 1.165) is 17.0 Å². The lowest BCUT2D eigenvalue weighted by molar-refractivity contribution is 0.0601. The van der Waals surface area contributed by atoms with Gasteiger partial charge < -0.3 is 4.74 Å². The Labute approximate surface area is 184 Å². The first-order valence-corrected chi connectivity index (χ1v) is 13.5. The van der Waals surface area contributed by atoms with Gasteiger partial charge in [0.1, 0.15) is 0 Å². The van der Waals surface area contributed by atoms with Crippen molar-refractivity contribution in [3.63, 3.8) is 0 Å². The fraction of sp³-hybridized carbons (Fsp3) is 0.519. The van der Waals surface area contributed by atoms with Gasteiger partial charge in [-0.1, -0.05) is 75.8 Å². The summed E-state index contributed by atoms with van der Waals surface area (Å²) in [6.07, 6.45) is 13.7. The molecule has 1 aliphatic rings. The molecule has 2 nitrogen and oxygen atoms in total. The molecule has 0 N–H and O–H groups in total. The van der Waals surface area contributed by atoms with E-state index in [9.17, 15) is 4.79 Å². The first-order chi connectivity index (χ1) is 14.6. The maximum Gasteiger partial charge on any atom is 0.338 e. The molecule has 0 saturated heterocycles. The van der Waals surface area contributed by atoms with Gasteiger partial charge in [0, 0.05) is 0 Å². The normalized spacial score (nSPS) is 15.7. The van der Waals surface area contributed by atoms with Crippen molar-refractivity contribution >= 4 is 13.9 Å². The smallest absolute Gasteiger partial charge is 0.338 e. The Kier molecular flexibility index (Phi) is 8.94. The summed E-state index contributed by atoms with van der Waals surface area (Å²) in [5.41, 5.74) is 5.38. The standard InChI is InChI=1S/C27H37O2P/c1-4-5-17-30(19-22-12-7-6-8-13-22)20-23-15-16-25(27(28)29-3)26(18-23)24-14-10-9-11-21(24)2/h9-11,14-16,18,22H,4-8,12-13,17,19-20H2,1-3H3. The highest BCUT2D eigenvalue weighted by Crippen LogP contribution is 2.46. The van der Waals surface area contributed by atoms with Crippen molar-refractivity contribution in [1.82, 2.24) is 0 Å². The second-order valence-corrected chi connectivity index (χ2v) is 11.2. The average Bonchev–Trinajstić information content (AvgIpc) is 2.78. The number of hydrogen-bond acceptors (Lipinski definition) is 2. The molecular formula is C27H37O2P. The monoisotopic (exact) mass is 424 g/mol. The summed E-state index contributed by atoms with van der Waals surface area (Å²) in [6.45, 7) is 4.41. The number of esters is 1. The van der Waals surface area contributed by atoms with E-state index in [0.29, 0.717) is 5.56 Å². The van der Waals surface area contributed by atoms with E-state index in [1.54, 1.807) is 0 Å². The second-order valence-electron chi connectivity index (χ2n) is 8.78. The van der Waals surface area contributed by atoms with Gasteiger partial charge in [0.05, 0.1) is 12.7 Å². The summed E-state index contributed by atoms with van der Waals surface area (Å²) in [5, 5.41) is 0. The molecule has 3 heteroatoms. The molecule has 1 unspecified atom stereocenters. The summed E-state index contributed by atoms with van der Waals surface area (Å²) >= 11 is 0. The van der Waals surface area contributed by atoms with Gasteiger partial charge in [0.2, 0.25) is 0 Å². The number of benzene rings is 2. The summed E-state index contributed by atoms with van der Waals surface area (Å²) in [4.78, 5) is 12.4. The summed E-state index contributed by atoms with van der Waals surface area (Å²) in [5.74, 6) is 0.683. The highest BCUT2D eigenvalue weighted by molar-refractivity contribution is 7.56. The second kappa shape index (κ2) is 11.7. The molecule has 0 aliphatic heterocycles. The molecule has 0 bridgehead atoms. The van der Waals surface area contributed by atoms with Gasteiger partial charge in [-0.2, -0.15) is 0 Å². The lowest BCUT2D eigenvalue weighted by Crippen LogP contribution is -2.11. The highest BCUT2D eigenvalue weighted by Gasteiger charge is 2.20. The van der Waals surface area contributed by atoms with Crippen molar-refractivity contribution in [2.24, 2.45) is 5.92 Å². The fourth-order valence-electron chi connectivity index (χ4n) is 4.69. The first kappa shape index (κ1) is 23.0. The molecule has 0 aromatic heterocycles. The third-order valence-corrected chi connectivity index (χ3v) is 9.19. The van der Waals surface area contributed by atoms with Crippen molar-refractivity contribution in [3.05, 3.63) is 59.2 Å². The van der Waals surface area contributed by atoms with Crippen LogP contribution in [-0.2, 0) is 10.9 Å². The lowest BCUT2D eigenvalue weighted by atomic mass is 9.91. The number of methoxy groups -OCH3 is 1. The zero-order valence-electron chi connectivity index (χ0n) is 19.0. The summed E-state index contributed by atoms with van der Waals surface area (Å²) < 4.78 is 5.08. The van der Waals surface area contributed by atoms with Crippen molar-refractivity contribution in [1.29, 1.82) is 0 Å². The Morgan fingerprint density at radius 2 is 1.83 bits per heavy atom. The minimum atomic E-state index is -0.254. The molecule has 1 fully saturated rings. The van der Waals surface area contributed by atoms with Crippen LogP contribution in [0.4, 0.5) is 0 Å². The molecule has 1 saturated carbocycles. The van der Waals surface area contributed by atoms with E-state index in [-0.39, 0.29) is 13.9 Å². The number of hydrogen-bond donors (Lipinski definition) is 0. The van der Waals surface area contributed by atoms with Crippen LogP contribution in [-0.4, -0.2) is 25.4 Å². The predicted molar refractivity (Wildman–Crippen MR) is 130 cm³/mol. The zero-order chi connectivity index (χ0) is 21.3. The molecule has 0 spiro atoms. The third kappa shape index (κ3) is 6.17. The van der Waals surface area contributed by atoms with Gasteiger partial charge in [-0.05, 0) is 72.1 Å². The Hall–Kier alpha value is -1.66. The molecule has 3 rings (SSSR count). The van der Waals surface area contributed by atoms with Gasteiger partial charge in [-0.3, -0.25) is 0 Å². The quantitative estimate of drug-likeness (QED) is 0.303. The van der Waals surface area contributed by atoms with E-state index in [1.807, 2.05) is 12.1 Å². The average molecular weight is 425 g/mol. The Bertz CT molecular complexity index is 823. The first-order valence-electron chi connectivity index (χ1n) is 11.6. The van der Waals surface area contributed by atoms with E-state index in [4.69, 9.17) is 4.74 Å². The molecule has 2 aromatic rings. The van der Waals surface area contributed by atoms with E-state index >= 15 is 0 Å². The van der Waals surface area contributed by atoms with Crippen LogP contribution in [0.2, 0.25) is 0 Å². The fourth-order valence-corrected chi connectivity index (χ4v) is 7.73. The largest absolute Gasteiger partial charge is 0.465 e.